The lowest BCUT2D eigenvalue weighted by atomic mass is 10.2. The van der Waals surface area contributed by atoms with Gasteiger partial charge >= 0.3 is 0 Å². The second-order valence-corrected chi connectivity index (χ2v) is 6.25. The van der Waals surface area contributed by atoms with Crippen LogP contribution in [-0.4, -0.2) is 16.2 Å². The summed E-state index contributed by atoms with van der Waals surface area (Å²) in [5.41, 5.74) is 2.61. The molecule has 0 spiro atoms. The van der Waals surface area contributed by atoms with E-state index < -0.39 is 0 Å². The molecule has 138 valence electrons. The number of benzene rings is 3. The average molecular weight is 369 g/mol. The number of ether oxygens (including phenoxy) is 2. The fourth-order valence-corrected chi connectivity index (χ4v) is 3.03. The molecule has 28 heavy (non-hydrogen) atoms. The number of rotatable bonds is 7. The van der Waals surface area contributed by atoms with Gasteiger partial charge in [-0.1, -0.05) is 30.3 Å². The molecule has 0 atom stereocenters. The Bertz CT molecular complexity index is 1100. The number of para-hydroxylation sites is 3. The van der Waals surface area contributed by atoms with E-state index in [0.717, 1.165) is 28.4 Å². The first-order valence-electron chi connectivity index (χ1n) is 9.08. The van der Waals surface area contributed by atoms with Gasteiger partial charge in [0.1, 0.15) is 30.5 Å². The van der Waals surface area contributed by atoms with E-state index >= 15 is 0 Å². The van der Waals surface area contributed by atoms with Crippen LogP contribution in [0.25, 0.3) is 11.0 Å². The Kier molecular flexibility index (Phi) is 5.21. The molecule has 4 rings (SSSR count). The first-order chi connectivity index (χ1) is 13.8. The second kappa shape index (κ2) is 8.28. The van der Waals surface area contributed by atoms with E-state index in [1.165, 1.54) is 0 Å². The number of aromatic nitrogens is 2. The van der Waals surface area contributed by atoms with Crippen molar-refractivity contribution in [1.82, 2.24) is 9.55 Å². The molecule has 0 saturated carbocycles. The number of nitriles is 1. The third-order valence-electron chi connectivity index (χ3n) is 4.41. The smallest absolute Gasteiger partial charge is 0.148 e. The lowest BCUT2D eigenvalue weighted by Gasteiger charge is -2.12. The summed E-state index contributed by atoms with van der Waals surface area (Å²) in [6.07, 6.45) is 0. The van der Waals surface area contributed by atoms with E-state index in [-0.39, 0.29) is 0 Å². The van der Waals surface area contributed by atoms with Crippen molar-refractivity contribution < 1.29 is 9.47 Å². The zero-order valence-electron chi connectivity index (χ0n) is 15.3. The first kappa shape index (κ1) is 17.6. The van der Waals surface area contributed by atoms with E-state index in [4.69, 9.17) is 19.7 Å². The number of nitrogens with zero attached hydrogens (tertiary/aromatic N) is 3. The summed E-state index contributed by atoms with van der Waals surface area (Å²) in [6, 6.07) is 27.0. The first-order valence-corrected chi connectivity index (χ1v) is 9.08. The summed E-state index contributed by atoms with van der Waals surface area (Å²) in [6.45, 7) is 1.52. The third kappa shape index (κ3) is 3.97. The minimum Gasteiger partial charge on any atom is -0.492 e. The summed E-state index contributed by atoms with van der Waals surface area (Å²) in [7, 11) is 0. The quantitative estimate of drug-likeness (QED) is 0.479. The summed E-state index contributed by atoms with van der Waals surface area (Å²) in [4.78, 5) is 4.72. The molecule has 3 aromatic carbocycles. The number of hydrogen-bond acceptors (Lipinski definition) is 4. The molecule has 0 aliphatic carbocycles. The molecular formula is C23H19N3O2. The van der Waals surface area contributed by atoms with Gasteiger partial charge in [0.25, 0.3) is 0 Å². The molecule has 0 amide bonds. The van der Waals surface area contributed by atoms with Gasteiger partial charge in [-0.05, 0) is 48.5 Å². The maximum atomic E-state index is 8.88. The van der Waals surface area contributed by atoms with Gasteiger partial charge in [-0.2, -0.15) is 5.26 Å². The fraction of sp³-hybridized carbons (Fsp3) is 0.130. The third-order valence-corrected chi connectivity index (χ3v) is 4.41. The predicted octanol–water partition coefficient (Wildman–Crippen LogP) is 4.57. The minimum atomic E-state index is 0.384. The molecule has 5 heteroatoms. The molecule has 0 bridgehead atoms. The van der Waals surface area contributed by atoms with Crippen molar-refractivity contribution in [3.63, 3.8) is 0 Å². The van der Waals surface area contributed by atoms with Crippen LogP contribution in [0.1, 0.15) is 11.4 Å². The zero-order chi connectivity index (χ0) is 19.2. The Hall–Kier alpha value is -3.78. The van der Waals surface area contributed by atoms with Crippen LogP contribution in [0.3, 0.4) is 0 Å². The Morgan fingerprint density at radius 1 is 0.821 bits per heavy atom. The monoisotopic (exact) mass is 369 g/mol. The number of imidazole rings is 1. The maximum Gasteiger partial charge on any atom is 0.148 e. The molecule has 1 aromatic heterocycles. The maximum absolute atomic E-state index is 8.88. The highest BCUT2D eigenvalue weighted by molar-refractivity contribution is 5.75. The van der Waals surface area contributed by atoms with Crippen molar-refractivity contribution >= 4 is 11.0 Å². The normalized spacial score (nSPS) is 10.5. The van der Waals surface area contributed by atoms with Crippen LogP contribution in [0.15, 0.2) is 78.9 Å². The van der Waals surface area contributed by atoms with E-state index in [2.05, 4.69) is 16.7 Å². The standard InChI is InChI=1S/C23H19N3O2/c24-16-18-10-12-20(13-11-18)27-15-14-26-22-9-5-4-8-21(22)25-23(26)17-28-19-6-2-1-3-7-19/h1-13H,14-15,17H2. The second-order valence-electron chi connectivity index (χ2n) is 6.25. The fourth-order valence-electron chi connectivity index (χ4n) is 3.03. The van der Waals surface area contributed by atoms with E-state index in [1.54, 1.807) is 12.1 Å². The Labute approximate surface area is 163 Å². The Morgan fingerprint density at radius 3 is 2.32 bits per heavy atom. The van der Waals surface area contributed by atoms with Crippen LogP contribution in [-0.2, 0) is 13.2 Å². The number of fused-ring (bicyclic) bond motifs is 1. The molecule has 4 aromatic rings. The highest BCUT2D eigenvalue weighted by Gasteiger charge is 2.11. The van der Waals surface area contributed by atoms with E-state index in [9.17, 15) is 0 Å². The summed E-state index contributed by atoms with van der Waals surface area (Å²) in [5.74, 6) is 2.41. The van der Waals surface area contributed by atoms with Gasteiger partial charge in [0.05, 0.1) is 29.2 Å². The van der Waals surface area contributed by atoms with Crippen molar-refractivity contribution in [1.29, 1.82) is 5.26 Å². The zero-order valence-corrected chi connectivity index (χ0v) is 15.3. The van der Waals surface area contributed by atoms with Gasteiger partial charge in [0.2, 0.25) is 0 Å². The minimum absolute atomic E-state index is 0.384. The van der Waals surface area contributed by atoms with Gasteiger partial charge in [0, 0.05) is 0 Å². The number of hydrogen-bond donors (Lipinski definition) is 0. The molecule has 0 unspecified atom stereocenters. The molecule has 0 fully saturated rings. The lowest BCUT2D eigenvalue weighted by Crippen LogP contribution is -2.13. The van der Waals surface area contributed by atoms with Crippen molar-refractivity contribution in [3.8, 4) is 17.6 Å². The van der Waals surface area contributed by atoms with Crippen LogP contribution in [0.5, 0.6) is 11.5 Å². The van der Waals surface area contributed by atoms with Gasteiger partial charge in [-0.25, -0.2) is 4.98 Å². The van der Waals surface area contributed by atoms with E-state index in [0.29, 0.717) is 25.3 Å². The lowest BCUT2D eigenvalue weighted by molar-refractivity contribution is 0.272. The summed E-state index contributed by atoms with van der Waals surface area (Å²) >= 11 is 0. The van der Waals surface area contributed by atoms with Crippen LogP contribution in [0.2, 0.25) is 0 Å². The summed E-state index contributed by atoms with van der Waals surface area (Å²) < 4.78 is 13.9. The Morgan fingerprint density at radius 2 is 1.54 bits per heavy atom. The van der Waals surface area contributed by atoms with Crippen LogP contribution < -0.4 is 9.47 Å². The molecule has 5 nitrogen and oxygen atoms in total. The van der Waals surface area contributed by atoms with Gasteiger partial charge in [-0.3, -0.25) is 0 Å². The molecule has 0 aliphatic heterocycles. The van der Waals surface area contributed by atoms with Crippen molar-refractivity contribution in [2.24, 2.45) is 0 Å². The van der Waals surface area contributed by atoms with Crippen LogP contribution in [0, 0.1) is 11.3 Å². The molecule has 1 heterocycles. The largest absolute Gasteiger partial charge is 0.492 e. The molecule has 0 aliphatic rings. The molecular weight excluding hydrogens is 350 g/mol. The highest BCUT2D eigenvalue weighted by Crippen LogP contribution is 2.19. The van der Waals surface area contributed by atoms with E-state index in [1.807, 2.05) is 60.7 Å². The molecule has 0 N–H and O–H groups in total. The predicted molar refractivity (Wildman–Crippen MR) is 107 cm³/mol. The van der Waals surface area contributed by atoms with Gasteiger partial charge < -0.3 is 14.0 Å². The molecule has 0 saturated heterocycles. The van der Waals surface area contributed by atoms with Crippen molar-refractivity contribution in [3.05, 3.63) is 90.3 Å². The molecule has 0 radical (unpaired) electrons. The van der Waals surface area contributed by atoms with Gasteiger partial charge in [0.15, 0.2) is 0 Å². The van der Waals surface area contributed by atoms with Gasteiger partial charge in [-0.15, -0.1) is 0 Å². The SMILES string of the molecule is N#Cc1ccc(OCCn2c(COc3ccccc3)nc3ccccc32)cc1. The average Bonchev–Trinajstić information content (AvgIpc) is 3.11. The topological polar surface area (TPSA) is 60.1 Å². The van der Waals surface area contributed by atoms with Crippen LogP contribution >= 0.6 is 0 Å². The highest BCUT2D eigenvalue weighted by atomic mass is 16.5. The van der Waals surface area contributed by atoms with Crippen molar-refractivity contribution in [2.75, 3.05) is 6.61 Å². The Balaban J connectivity index is 1.48. The van der Waals surface area contributed by atoms with Crippen LogP contribution in [0.4, 0.5) is 0 Å². The summed E-state index contributed by atoms with van der Waals surface area (Å²) in [5, 5.41) is 8.88. The van der Waals surface area contributed by atoms with Crippen molar-refractivity contribution in [2.45, 2.75) is 13.2 Å².